The number of thiocarbonyl (C=S) groups is 1. The minimum Gasteiger partial charge on any atom is -0.389 e. The molecule has 0 saturated heterocycles. The summed E-state index contributed by atoms with van der Waals surface area (Å²) in [6.45, 7) is 2.00. The van der Waals surface area contributed by atoms with E-state index in [1.807, 2.05) is 25.1 Å². The zero-order valence-electron chi connectivity index (χ0n) is 9.77. The molecule has 3 nitrogen and oxygen atoms in total. The summed E-state index contributed by atoms with van der Waals surface area (Å²) < 4.78 is 0. The minimum absolute atomic E-state index is 0.333. The number of nitrogens with two attached hydrogens (primary N) is 1. The van der Waals surface area contributed by atoms with E-state index >= 15 is 0 Å². The Morgan fingerprint density at radius 3 is 2.83 bits per heavy atom. The lowest BCUT2D eigenvalue weighted by Gasteiger charge is -2.12. The van der Waals surface area contributed by atoms with Crippen LogP contribution in [0.25, 0.3) is 0 Å². The molecule has 0 amide bonds. The van der Waals surface area contributed by atoms with Crippen LogP contribution in [0.4, 0.5) is 11.4 Å². The van der Waals surface area contributed by atoms with E-state index in [-0.39, 0.29) is 0 Å². The van der Waals surface area contributed by atoms with E-state index in [0.29, 0.717) is 10.0 Å². The van der Waals surface area contributed by atoms with E-state index in [4.69, 9.17) is 29.6 Å². The van der Waals surface area contributed by atoms with Gasteiger partial charge < -0.3 is 11.1 Å². The molecule has 2 rings (SSSR count). The summed E-state index contributed by atoms with van der Waals surface area (Å²) >= 11 is 11.0. The SMILES string of the molecule is Cc1ccc(Cl)cc1Nc1cnccc1C(N)=S. The number of aromatic nitrogens is 1. The summed E-state index contributed by atoms with van der Waals surface area (Å²) in [5.41, 5.74) is 9.20. The first kappa shape index (κ1) is 12.8. The number of hydrogen-bond donors (Lipinski definition) is 2. The van der Waals surface area contributed by atoms with Gasteiger partial charge in [0, 0.05) is 22.5 Å². The fraction of sp³-hybridized carbons (Fsp3) is 0.0769. The molecular weight excluding hydrogens is 266 g/mol. The standard InChI is InChI=1S/C13H12ClN3S/c1-8-2-3-9(14)6-11(8)17-12-7-16-5-4-10(12)13(15)18/h2-7,17H,1H3,(H2,15,18). The van der Waals surface area contributed by atoms with Crippen molar-refractivity contribution in [3.8, 4) is 0 Å². The first-order chi connectivity index (χ1) is 8.58. The Morgan fingerprint density at radius 1 is 1.33 bits per heavy atom. The van der Waals surface area contributed by atoms with E-state index < -0.39 is 0 Å². The Morgan fingerprint density at radius 2 is 2.11 bits per heavy atom. The van der Waals surface area contributed by atoms with Crippen molar-refractivity contribution in [2.24, 2.45) is 5.73 Å². The first-order valence-corrected chi connectivity index (χ1v) is 6.13. The van der Waals surface area contributed by atoms with Gasteiger partial charge in [-0.3, -0.25) is 4.98 Å². The molecule has 0 aliphatic carbocycles. The molecule has 1 aromatic heterocycles. The van der Waals surface area contributed by atoms with Gasteiger partial charge in [-0.2, -0.15) is 0 Å². The van der Waals surface area contributed by atoms with E-state index in [9.17, 15) is 0 Å². The number of halogens is 1. The molecule has 0 fully saturated rings. The maximum atomic E-state index is 5.98. The number of pyridine rings is 1. The summed E-state index contributed by atoms with van der Waals surface area (Å²) in [7, 11) is 0. The molecule has 0 unspecified atom stereocenters. The first-order valence-electron chi connectivity index (χ1n) is 5.35. The highest BCUT2D eigenvalue weighted by atomic mass is 35.5. The number of anilines is 2. The van der Waals surface area contributed by atoms with Crippen molar-refractivity contribution in [2.45, 2.75) is 6.92 Å². The van der Waals surface area contributed by atoms with Crippen molar-refractivity contribution in [1.82, 2.24) is 4.98 Å². The lowest BCUT2D eigenvalue weighted by Crippen LogP contribution is -2.12. The van der Waals surface area contributed by atoms with Crippen LogP contribution in [-0.4, -0.2) is 9.97 Å². The number of hydrogen-bond acceptors (Lipinski definition) is 3. The largest absolute Gasteiger partial charge is 0.389 e. The Labute approximate surface area is 116 Å². The Balaban J connectivity index is 2.40. The highest BCUT2D eigenvalue weighted by Gasteiger charge is 2.07. The summed E-state index contributed by atoms with van der Waals surface area (Å²) in [5.74, 6) is 0. The summed E-state index contributed by atoms with van der Waals surface area (Å²) in [5, 5.41) is 3.92. The maximum absolute atomic E-state index is 5.98. The van der Waals surface area contributed by atoms with Crippen molar-refractivity contribution >= 4 is 40.2 Å². The highest BCUT2D eigenvalue weighted by Crippen LogP contribution is 2.25. The smallest absolute Gasteiger partial charge is 0.106 e. The van der Waals surface area contributed by atoms with Crippen molar-refractivity contribution in [2.75, 3.05) is 5.32 Å². The zero-order chi connectivity index (χ0) is 13.1. The minimum atomic E-state index is 0.333. The Kier molecular flexibility index (Phi) is 3.79. The maximum Gasteiger partial charge on any atom is 0.106 e. The van der Waals surface area contributed by atoms with Gasteiger partial charge in [-0.25, -0.2) is 0 Å². The average Bonchev–Trinajstić information content (AvgIpc) is 2.34. The number of nitrogens with zero attached hydrogens (tertiary/aromatic N) is 1. The molecule has 92 valence electrons. The van der Waals surface area contributed by atoms with Gasteiger partial charge in [-0.05, 0) is 30.7 Å². The predicted octanol–water partition coefficient (Wildman–Crippen LogP) is 3.42. The fourth-order valence-electron chi connectivity index (χ4n) is 1.58. The van der Waals surface area contributed by atoms with Crippen LogP contribution in [0.2, 0.25) is 5.02 Å². The molecule has 1 heterocycles. The lowest BCUT2D eigenvalue weighted by molar-refractivity contribution is 1.31. The van der Waals surface area contributed by atoms with Crippen LogP contribution in [0.15, 0.2) is 36.7 Å². The van der Waals surface area contributed by atoms with Crippen LogP contribution in [0.5, 0.6) is 0 Å². The van der Waals surface area contributed by atoms with Gasteiger partial charge in [0.25, 0.3) is 0 Å². The molecule has 0 atom stereocenters. The molecule has 0 aliphatic rings. The molecule has 5 heteroatoms. The van der Waals surface area contributed by atoms with E-state index in [1.54, 1.807) is 18.5 Å². The summed E-state index contributed by atoms with van der Waals surface area (Å²) in [6, 6.07) is 7.43. The molecule has 0 aliphatic heterocycles. The van der Waals surface area contributed by atoms with Gasteiger partial charge in [-0.15, -0.1) is 0 Å². The van der Waals surface area contributed by atoms with Crippen LogP contribution in [-0.2, 0) is 0 Å². The van der Waals surface area contributed by atoms with Crippen molar-refractivity contribution in [3.05, 3.63) is 52.8 Å². The van der Waals surface area contributed by atoms with Gasteiger partial charge in [0.15, 0.2) is 0 Å². The van der Waals surface area contributed by atoms with Crippen molar-refractivity contribution < 1.29 is 0 Å². The predicted molar refractivity (Wildman–Crippen MR) is 79.6 cm³/mol. The molecule has 18 heavy (non-hydrogen) atoms. The number of aryl methyl sites for hydroxylation is 1. The Hall–Kier alpha value is -1.65. The number of benzene rings is 1. The molecule has 2 aromatic rings. The second-order valence-corrected chi connectivity index (χ2v) is 4.75. The molecule has 0 radical (unpaired) electrons. The van der Waals surface area contributed by atoms with Crippen LogP contribution in [0.1, 0.15) is 11.1 Å². The van der Waals surface area contributed by atoms with Crippen molar-refractivity contribution in [1.29, 1.82) is 0 Å². The fourth-order valence-corrected chi connectivity index (χ4v) is 1.93. The quantitative estimate of drug-likeness (QED) is 0.844. The summed E-state index contributed by atoms with van der Waals surface area (Å²) in [6.07, 6.45) is 3.35. The van der Waals surface area contributed by atoms with E-state index in [1.165, 1.54) is 0 Å². The Bertz CT molecular complexity index is 599. The van der Waals surface area contributed by atoms with Gasteiger partial charge in [0.1, 0.15) is 4.99 Å². The third kappa shape index (κ3) is 2.78. The van der Waals surface area contributed by atoms with Crippen LogP contribution in [0.3, 0.4) is 0 Å². The topological polar surface area (TPSA) is 50.9 Å². The second-order valence-electron chi connectivity index (χ2n) is 3.87. The number of nitrogens with one attached hydrogen (secondary N) is 1. The molecule has 0 saturated carbocycles. The van der Waals surface area contributed by atoms with Gasteiger partial charge in [0.2, 0.25) is 0 Å². The number of rotatable bonds is 3. The van der Waals surface area contributed by atoms with Crippen LogP contribution >= 0.6 is 23.8 Å². The highest BCUT2D eigenvalue weighted by molar-refractivity contribution is 7.80. The monoisotopic (exact) mass is 277 g/mol. The molecule has 3 N–H and O–H groups in total. The van der Waals surface area contributed by atoms with Crippen molar-refractivity contribution in [3.63, 3.8) is 0 Å². The second kappa shape index (κ2) is 5.33. The molecule has 1 aromatic carbocycles. The lowest BCUT2D eigenvalue weighted by atomic mass is 10.1. The van der Waals surface area contributed by atoms with Gasteiger partial charge >= 0.3 is 0 Å². The average molecular weight is 278 g/mol. The summed E-state index contributed by atoms with van der Waals surface area (Å²) in [4.78, 5) is 4.40. The molecular formula is C13H12ClN3S. The van der Waals surface area contributed by atoms with Gasteiger partial charge in [-0.1, -0.05) is 29.9 Å². The van der Waals surface area contributed by atoms with E-state index in [2.05, 4.69) is 10.3 Å². The van der Waals surface area contributed by atoms with E-state index in [0.717, 1.165) is 22.5 Å². The zero-order valence-corrected chi connectivity index (χ0v) is 11.3. The molecule has 0 bridgehead atoms. The third-order valence-electron chi connectivity index (χ3n) is 2.56. The van der Waals surface area contributed by atoms with Crippen LogP contribution < -0.4 is 11.1 Å². The normalized spacial score (nSPS) is 10.1. The van der Waals surface area contributed by atoms with Gasteiger partial charge in [0.05, 0.1) is 11.9 Å². The van der Waals surface area contributed by atoms with Crippen LogP contribution in [0, 0.1) is 6.92 Å². The molecule has 0 spiro atoms. The third-order valence-corrected chi connectivity index (χ3v) is 3.01.